The molecule has 0 atom stereocenters. The molecule has 2 rings (SSSR count). The molecule has 0 saturated heterocycles. The molecular formula is C9H9N3O. The first-order valence-corrected chi connectivity index (χ1v) is 3.97. The standard InChI is InChI=1S/C9H9N3O/c1-6-9(7(2)13-12-6)8-3-10-5-11-4-8/h3-5H,1-2H3. The highest BCUT2D eigenvalue weighted by molar-refractivity contribution is 5.65. The highest BCUT2D eigenvalue weighted by atomic mass is 16.5. The quantitative estimate of drug-likeness (QED) is 0.662. The maximum absolute atomic E-state index is 5.04. The molecule has 0 radical (unpaired) electrons. The van der Waals surface area contributed by atoms with Crippen molar-refractivity contribution in [3.63, 3.8) is 0 Å². The lowest BCUT2D eigenvalue weighted by molar-refractivity contribution is 0.393. The summed E-state index contributed by atoms with van der Waals surface area (Å²) >= 11 is 0. The molecule has 13 heavy (non-hydrogen) atoms. The third-order valence-corrected chi connectivity index (χ3v) is 1.88. The Morgan fingerprint density at radius 3 is 2.38 bits per heavy atom. The maximum atomic E-state index is 5.04. The van der Waals surface area contributed by atoms with Gasteiger partial charge in [-0.05, 0) is 13.8 Å². The van der Waals surface area contributed by atoms with Crippen molar-refractivity contribution in [2.75, 3.05) is 0 Å². The van der Waals surface area contributed by atoms with Crippen molar-refractivity contribution in [2.45, 2.75) is 13.8 Å². The van der Waals surface area contributed by atoms with E-state index < -0.39 is 0 Å². The van der Waals surface area contributed by atoms with Crippen LogP contribution in [0.25, 0.3) is 11.1 Å². The summed E-state index contributed by atoms with van der Waals surface area (Å²) in [6.07, 6.45) is 5.00. The molecule has 0 saturated carbocycles. The SMILES string of the molecule is Cc1noc(C)c1-c1cncnc1. The lowest BCUT2D eigenvalue weighted by Crippen LogP contribution is -1.84. The minimum absolute atomic E-state index is 0.798. The average Bonchev–Trinajstić information content (AvgIpc) is 2.48. The van der Waals surface area contributed by atoms with Gasteiger partial charge in [-0.1, -0.05) is 5.16 Å². The van der Waals surface area contributed by atoms with E-state index in [2.05, 4.69) is 15.1 Å². The third kappa shape index (κ3) is 1.30. The van der Waals surface area contributed by atoms with Gasteiger partial charge in [-0.3, -0.25) is 0 Å². The first-order valence-electron chi connectivity index (χ1n) is 3.97. The molecule has 0 N–H and O–H groups in total. The molecule has 2 aromatic heterocycles. The summed E-state index contributed by atoms with van der Waals surface area (Å²) in [6.45, 7) is 3.78. The molecule has 4 heteroatoms. The zero-order chi connectivity index (χ0) is 9.26. The van der Waals surface area contributed by atoms with E-state index in [1.165, 1.54) is 6.33 Å². The summed E-state index contributed by atoms with van der Waals surface area (Å²) in [7, 11) is 0. The van der Waals surface area contributed by atoms with Crippen molar-refractivity contribution in [1.82, 2.24) is 15.1 Å². The number of aromatic nitrogens is 3. The lowest BCUT2D eigenvalue weighted by Gasteiger charge is -1.96. The number of nitrogens with zero attached hydrogens (tertiary/aromatic N) is 3. The number of hydrogen-bond donors (Lipinski definition) is 0. The summed E-state index contributed by atoms with van der Waals surface area (Å²) in [4.78, 5) is 7.88. The van der Waals surface area contributed by atoms with Crippen LogP contribution in [0, 0.1) is 13.8 Å². The van der Waals surface area contributed by atoms with Gasteiger partial charge in [0.1, 0.15) is 12.1 Å². The van der Waals surface area contributed by atoms with Gasteiger partial charge >= 0.3 is 0 Å². The summed E-state index contributed by atoms with van der Waals surface area (Å²) in [5, 5.41) is 3.86. The summed E-state index contributed by atoms with van der Waals surface area (Å²) in [5.41, 5.74) is 2.80. The van der Waals surface area contributed by atoms with Crippen LogP contribution in [0.5, 0.6) is 0 Å². The van der Waals surface area contributed by atoms with Crippen LogP contribution in [-0.2, 0) is 0 Å². The zero-order valence-electron chi connectivity index (χ0n) is 7.48. The Balaban J connectivity index is 2.59. The Kier molecular flexibility index (Phi) is 1.81. The largest absolute Gasteiger partial charge is 0.361 e. The predicted molar refractivity (Wildman–Crippen MR) is 47.0 cm³/mol. The molecule has 0 aliphatic heterocycles. The molecule has 0 unspecified atom stereocenters. The topological polar surface area (TPSA) is 51.8 Å². The van der Waals surface area contributed by atoms with Crippen LogP contribution in [0.1, 0.15) is 11.5 Å². The van der Waals surface area contributed by atoms with Crippen LogP contribution >= 0.6 is 0 Å². The van der Waals surface area contributed by atoms with Crippen molar-refractivity contribution in [3.05, 3.63) is 30.2 Å². The molecule has 0 aromatic carbocycles. The minimum Gasteiger partial charge on any atom is -0.361 e. The van der Waals surface area contributed by atoms with Gasteiger partial charge in [0.15, 0.2) is 0 Å². The predicted octanol–water partition coefficient (Wildman–Crippen LogP) is 1.75. The van der Waals surface area contributed by atoms with Gasteiger partial charge in [0.25, 0.3) is 0 Å². The second-order valence-electron chi connectivity index (χ2n) is 2.83. The van der Waals surface area contributed by atoms with Crippen LogP contribution < -0.4 is 0 Å². The van der Waals surface area contributed by atoms with Crippen molar-refractivity contribution in [1.29, 1.82) is 0 Å². The summed E-state index contributed by atoms with van der Waals surface area (Å²) in [6, 6.07) is 0. The fraction of sp³-hybridized carbons (Fsp3) is 0.222. The Bertz CT molecular complexity index is 389. The first-order chi connectivity index (χ1) is 6.29. The Hall–Kier alpha value is -1.71. The fourth-order valence-corrected chi connectivity index (χ4v) is 1.32. The molecule has 0 aliphatic carbocycles. The Labute approximate surface area is 75.6 Å². The highest BCUT2D eigenvalue weighted by Gasteiger charge is 2.10. The average molecular weight is 175 g/mol. The molecule has 0 bridgehead atoms. The molecule has 0 spiro atoms. The van der Waals surface area contributed by atoms with Crippen LogP contribution in [-0.4, -0.2) is 15.1 Å². The van der Waals surface area contributed by atoms with Gasteiger partial charge in [0.2, 0.25) is 0 Å². The molecular weight excluding hydrogens is 166 g/mol. The lowest BCUT2D eigenvalue weighted by atomic mass is 10.1. The minimum atomic E-state index is 0.798. The van der Waals surface area contributed by atoms with Gasteiger partial charge in [0.05, 0.1) is 11.3 Å². The molecule has 0 amide bonds. The van der Waals surface area contributed by atoms with E-state index in [4.69, 9.17) is 4.52 Å². The van der Waals surface area contributed by atoms with E-state index in [-0.39, 0.29) is 0 Å². The Morgan fingerprint density at radius 2 is 1.85 bits per heavy atom. The van der Waals surface area contributed by atoms with Crippen LogP contribution in [0.15, 0.2) is 23.2 Å². The van der Waals surface area contributed by atoms with Gasteiger partial charge in [-0.25, -0.2) is 9.97 Å². The highest BCUT2D eigenvalue weighted by Crippen LogP contribution is 2.24. The monoisotopic (exact) mass is 175 g/mol. The first kappa shape index (κ1) is 7.91. The summed E-state index contributed by atoms with van der Waals surface area (Å²) < 4.78 is 5.04. The normalized spacial score (nSPS) is 10.3. The zero-order valence-corrected chi connectivity index (χ0v) is 7.48. The number of aryl methyl sites for hydroxylation is 2. The van der Waals surface area contributed by atoms with Crippen molar-refractivity contribution in [3.8, 4) is 11.1 Å². The van der Waals surface area contributed by atoms with E-state index in [0.29, 0.717) is 0 Å². The van der Waals surface area contributed by atoms with E-state index in [9.17, 15) is 0 Å². The molecule has 4 nitrogen and oxygen atoms in total. The van der Waals surface area contributed by atoms with Crippen LogP contribution in [0.2, 0.25) is 0 Å². The molecule has 2 heterocycles. The van der Waals surface area contributed by atoms with E-state index in [1.54, 1.807) is 12.4 Å². The maximum Gasteiger partial charge on any atom is 0.141 e. The smallest absolute Gasteiger partial charge is 0.141 e. The molecule has 66 valence electrons. The number of hydrogen-bond acceptors (Lipinski definition) is 4. The fourth-order valence-electron chi connectivity index (χ4n) is 1.32. The van der Waals surface area contributed by atoms with Crippen LogP contribution in [0.4, 0.5) is 0 Å². The van der Waals surface area contributed by atoms with Gasteiger partial charge in [-0.2, -0.15) is 0 Å². The number of rotatable bonds is 1. The van der Waals surface area contributed by atoms with Gasteiger partial charge in [-0.15, -0.1) is 0 Å². The Morgan fingerprint density at radius 1 is 1.15 bits per heavy atom. The van der Waals surface area contributed by atoms with E-state index >= 15 is 0 Å². The van der Waals surface area contributed by atoms with E-state index in [0.717, 1.165) is 22.6 Å². The van der Waals surface area contributed by atoms with E-state index in [1.807, 2.05) is 13.8 Å². The van der Waals surface area contributed by atoms with Gasteiger partial charge in [0, 0.05) is 18.0 Å². The second kappa shape index (κ2) is 2.97. The summed E-state index contributed by atoms with van der Waals surface area (Å²) in [5.74, 6) is 0.798. The third-order valence-electron chi connectivity index (χ3n) is 1.88. The van der Waals surface area contributed by atoms with Crippen LogP contribution in [0.3, 0.4) is 0 Å². The van der Waals surface area contributed by atoms with Gasteiger partial charge < -0.3 is 4.52 Å². The molecule has 0 fully saturated rings. The van der Waals surface area contributed by atoms with Crippen molar-refractivity contribution < 1.29 is 4.52 Å². The van der Waals surface area contributed by atoms with Crippen molar-refractivity contribution >= 4 is 0 Å². The van der Waals surface area contributed by atoms with Crippen molar-refractivity contribution in [2.24, 2.45) is 0 Å². The molecule has 2 aromatic rings. The second-order valence-corrected chi connectivity index (χ2v) is 2.83. The molecule has 0 aliphatic rings.